The molecule has 3 aromatic carbocycles. The SMILES string of the molecule is COc1ccccc1NC(=O)Cn1c(=O)n(C)c2c(-c3cc(F)c(OCc4ncn[nH]4)c(OC)c3)cc(C(F)(F)F)cc21.Cl. The number of carbonyl (C=O) groups excluding carboxylic acids is 1. The molecule has 0 atom stereocenters. The van der Waals surface area contributed by atoms with E-state index in [0.29, 0.717) is 17.3 Å². The van der Waals surface area contributed by atoms with Crippen LogP contribution >= 0.6 is 12.4 Å². The van der Waals surface area contributed by atoms with Crippen LogP contribution < -0.4 is 25.2 Å². The molecule has 5 rings (SSSR count). The number of fused-ring (bicyclic) bond motifs is 1. The lowest BCUT2D eigenvalue weighted by atomic mass is 9.99. The Kier molecular flexibility index (Phi) is 9.18. The molecule has 232 valence electrons. The van der Waals surface area contributed by atoms with Crippen LogP contribution in [0.25, 0.3) is 22.2 Å². The van der Waals surface area contributed by atoms with Crippen molar-refractivity contribution >= 4 is 35.0 Å². The summed E-state index contributed by atoms with van der Waals surface area (Å²) in [4.78, 5) is 30.1. The maximum absolute atomic E-state index is 15.4. The summed E-state index contributed by atoms with van der Waals surface area (Å²) in [5.41, 5.74) is -1.84. The Balaban J connectivity index is 0.00000442. The number of hydrogen-bond donors (Lipinski definition) is 2. The molecule has 44 heavy (non-hydrogen) atoms. The van der Waals surface area contributed by atoms with Crippen LogP contribution in [0.3, 0.4) is 0 Å². The lowest BCUT2D eigenvalue weighted by Gasteiger charge is -2.16. The van der Waals surface area contributed by atoms with Crippen LogP contribution in [-0.2, 0) is 31.2 Å². The van der Waals surface area contributed by atoms with E-state index in [0.717, 1.165) is 27.3 Å². The van der Waals surface area contributed by atoms with Gasteiger partial charge in [0.25, 0.3) is 0 Å². The van der Waals surface area contributed by atoms with Crippen molar-refractivity contribution in [2.45, 2.75) is 19.3 Å². The molecule has 11 nitrogen and oxygen atoms in total. The van der Waals surface area contributed by atoms with Crippen LogP contribution in [-0.4, -0.2) is 44.4 Å². The van der Waals surface area contributed by atoms with Gasteiger partial charge in [0, 0.05) is 12.6 Å². The Hall–Kier alpha value is -5.05. The molecule has 0 saturated carbocycles. The van der Waals surface area contributed by atoms with E-state index in [2.05, 4.69) is 20.5 Å². The van der Waals surface area contributed by atoms with Gasteiger partial charge >= 0.3 is 11.9 Å². The van der Waals surface area contributed by atoms with E-state index in [-0.39, 0.29) is 52.7 Å². The molecule has 1 amide bonds. The number of aromatic amines is 1. The maximum atomic E-state index is 15.4. The summed E-state index contributed by atoms with van der Waals surface area (Å²) in [6.07, 6.45) is -3.59. The maximum Gasteiger partial charge on any atom is 0.416 e. The number of benzene rings is 3. The van der Waals surface area contributed by atoms with Crippen LogP contribution in [0.1, 0.15) is 11.4 Å². The zero-order valence-electron chi connectivity index (χ0n) is 23.4. The fraction of sp³-hybridized carbons (Fsp3) is 0.214. The minimum atomic E-state index is -4.83. The first kappa shape index (κ1) is 31.9. The van der Waals surface area contributed by atoms with Crippen molar-refractivity contribution in [1.82, 2.24) is 24.3 Å². The Morgan fingerprint density at radius 3 is 2.45 bits per heavy atom. The summed E-state index contributed by atoms with van der Waals surface area (Å²) in [6.45, 7) is -0.796. The van der Waals surface area contributed by atoms with E-state index < -0.39 is 35.7 Å². The number of nitrogens with zero attached hydrogens (tertiary/aromatic N) is 4. The zero-order valence-corrected chi connectivity index (χ0v) is 24.2. The third kappa shape index (κ3) is 6.17. The average Bonchev–Trinajstić information content (AvgIpc) is 3.58. The normalized spacial score (nSPS) is 11.2. The van der Waals surface area contributed by atoms with Crippen LogP contribution in [0.5, 0.6) is 17.2 Å². The van der Waals surface area contributed by atoms with E-state index in [1.54, 1.807) is 24.3 Å². The van der Waals surface area contributed by atoms with Crippen LogP contribution in [0.2, 0.25) is 0 Å². The molecule has 2 N–H and O–H groups in total. The van der Waals surface area contributed by atoms with Crippen molar-refractivity contribution in [3.05, 3.63) is 82.5 Å². The highest BCUT2D eigenvalue weighted by molar-refractivity contribution is 5.96. The molecule has 16 heteroatoms. The van der Waals surface area contributed by atoms with Gasteiger partial charge in [0.1, 0.15) is 25.2 Å². The summed E-state index contributed by atoms with van der Waals surface area (Å²) in [7, 11) is 4.00. The number of H-pyrrole nitrogens is 1. The Labute approximate surface area is 252 Å². The number of nitrogens with one attached hydrogen (secondary N) is 2. The second-order valence-electron chi connectivity index (χ2n) is 9.28. The highest BCUT2D eigenvalue weighted by atomic mass is 35.5. The second kappa shape index (κ2) is 12.7. The standard InChI is InChI=1S/C28H24F4N6O5.ClH/c1-37-25-17(15-8-18(29)26(22(9-15)42-3)43-13-23-33-14-34-36-23)10-16(28(30,31)32)11-20(25)38(27(37)40)12-24(39)35-19-6-4-5-7-21(19)41-2;/h4-11,14H,12-13H2,1-3H3,(H,35,39)(H,33,34,36);1H. The third-order valence-electron chi connectivity index (χ3n) is 6.60. The van der Waals surface area contributed by atoms with Crippen molar-refractivity contribution in [2.24, 2.45) is 7.05 Å². The van der Waals surface area contributed by atoms with E-state index in [9.17, 15) is 22.8 Å². The first-order valence-electron chi connectivity index (χ1n) is 12.6. The van der Waals surface area contributed by atoms with Crippen LogP contribution in [0, 0.1) is 5.82 Å². The molecule has 0 saturated heterocycles. The van der Waals surface area contributed by atoms with Gasteiger partial charge in [0.2, 0.25) is 5.91 Å². The van der Waals surface area contributed by atoms with Gasteiger partial charge in [0.05, 0.1) is 36.5 Å². The predicted molar refractivity (Wildman–Crippen MR) is 154 cm³/mol. The molecule has 0 aliphatic heterocycles. The number of halogens is 5. The van der Waals surface area contributed by atoms with Gasteiger partial charge in [-0.25, -0.2) is 14.2 Å². The number of anilines is 1. The van der Waals surface area contributed by atoms with Gasteiger partial charge in [-0.05, 0) is 42.0 Å². The number of alkyl halides is 3. The lowest BCUT2D eigenvalue weighted by molar-refractivity contribution is -0.137. The molecule has 0 unspecified atom stereocenters. The zero-order chi connectivity index (χ0) is 30.9. The topological polar surface area (TPSA) is 125 Å². The minimum absolute atomic E-state index is 0. The van der Waals surface area contributed by atoms with Gasteiger partial charge < -0.3 is 19.5 Å². The molecule has 0 fully saturated rings. The lowest BCUT2D eigenvalue weighted by Crippen LogP contribution is -2.28. The number of carbonyl (C=O) groups is 1. The van der Waals surface area contributed by atoms with E-state index in [1.165, 1.54) is 33.7 Å². The number of hydrogen-bond acceptors (Lipinski definition) is 7. The third-order valence-corrected chi connectivity index (χ3v) is 6.60. The van der Waals surface area contributed by atoms with Gasteiger partial charge in [-0.3, -0.25) is 19.0 Å². The monoisotopic (exact) mass is 636 g/mol. The summed E-state index contributed by atoms with van der Waals surface area (Å²) in [5, 5.41) is 8.85. The van der Waals surface area contributed by atoms with Gasteiger partial charge in [0.15, 0.2) is 23.1 Å². The van der Waals surface area contributed by atoms with Gasteiger partial charge in [-0.15, -0.1) is 12.4 Å². The van der Waals surface area contributed by atoms with Crippen LogP contribution in [0.15, 0.2) is 59.7 Å². The second-order valence-corrected chi connectivity index (χ2v) is 9.28. The Morgan fingerprint density at radius 2 is 1.80 bits per heavy atom. The van der Waals surface area contributed by atoms with Crippen molar-refractivity contribution in [3.63, 3.8) is 0 Å². The van der Waals surface area contributed by atoms with E-state index in [4.69, 9.17) is 14.2 Å². The molecule has 0 aliphatic carbocycles. The summed E-state index contributed by atoms with van der Waals surface area (Å²) in [6, 6.07) is 10.4. The van der Waals surface area contributed by atoms with Crippen molar-refractivity contribution in [3.8, 4) is 28.4 Å². The molecule has 0 radical (unpaired) electrons. The summed E-state index contributed by atoms with van der Waals surface area (Å²) < 4.78 is 75.6. The highest BCUT2D eigenvalue weighted by Gasteiger charge is 2.33. The Morgan fingerprint density at radius 1 is 1.07 bits per heavy atom. The van der Waals surface area contributed by atoms with Crippen molar-refractivity contribution in [2.75, 3.05) is 19.5 Å². The van der Waals surface area contributed by atoms with Gasteiger partial charge in [-0.1, -0.05) is 12.1 Å². The first-order valence-corrected chi connectivity index (χ1v) is 12.6. The first-order chi connectivity index (χ1) is 20.5. The molecule has 5 aromatic rings. The molecule has 2 aromatic heterocycles. The summed E-state index contributed by atoms with van der Waals surface area (Å²) in [5.74, 6) is -1.37. The molecular formula is C28H25ClF4N6O5. The number of ether oxygens (including phenoxy) is 3. The summed E-state index contributed by atoms with van der Waals surface area (Å²) >= 11 is 0. The number of imidazole rings is 1. The minimum Gasteiger partial charge on any atom is -0.495 e. The quantitative estimate of drug-likeness (QED) is 0.220. The smallest absolute Gasteiger partial charge is 0.416 e. The molecule has 0 aliphatic rings. The fourth-order valence-corrected chi connectivity index (χ4v) is 4.63. The number of aromatic nitrogens is 5. The largest absolute Gasteiger partial charge is 0.495 e. The van der Waals surface area contributed by atoms with Crippen molar-refractivity contribution in [1.29, 1.82) is 0 Å². The number of amides is 1. The van der Waals surface area contributed by atoms with E-state index >= 15 is 4.39 Å². The number of rotatable bonds is 9. The van der Waals surface area contributed by atoms with Gasteiger partial charge in [-0.2, -0.15) is 18.3 Å². The fourth-order valence-electron chi connectivity index (χ4n) is 4.63. The number of aryl methyl sites for hydroxylation is 1. The number of para-hydroxylation sites is 2. The van der Waals surface area contributed by atoms with Crippen LogP contribution in [0.4, 0.5) is 23.2 Å². The molecule has 0 spiro atoms. The molecule has 0 bridgehead atoms. The number of methoxy groups -OCH3 is 2. The predicted octanol–water partition coefficient (Wildman–Crippen LogP) is 4.94. The highest BCUT2D eigenvalue weighted by Crippen LogP contribution is 2.41. The van der Waals surface area contributed by atoms with E-state index in [1.807, 2.05) is 0 Å². The molecular weight excluding hydrogens is 612 g/mol. The average molecular weight is 637 g/mol. The Bertz CT molecular complexity index is 1870. The molecule has 2 heterocycles. The van der Waals surface area contributed by atoms with Crippen molar-refractivity contribution < 1.29 is 36.6 Å².